The standard InChI is InChI=1S/C30H44N4O5/c1-30(2,3)39-29(38)34(6)21-11-19-32(4)18-10-20-33(5)26(35)22-31-25-16-14-24(15-17-25)27(28(36)37)23-12-8-7-9-13-23/h7-9,12-17,27,31H,10-11,18-22H2,1-6H3,(H,36,37). The first-order valence-corrected chi connectivity index (χ1v) is 13.4. The highest BCUT2D eigenvalue weighted by Gasteiger charge is 2.22. The molecule has 0 aromatic heterocycles. The topological polar surface area (TPSA) is 102 Å². The van der Waals surface area contributed by atoms with E-state index in [0.717, 1.165) is 37.2 Å². The van der Waals surface area contributed by atoms with Crippen molar-refractivity contribution in [1.29, 1.82) is 0 Å². The number of rotatable bonds is 14. The molecule has 2 aromatic rings. The number of nitrogens with one attached hydrogen (secondary N) is 1. The predicted octanol–water partition coefficient (Wildman–Crippen LogP) is 4.35. The summed E-state index contributed by atoms with van der Waals surface area (Å²) in [4.78, 5) is 42.0. The summed E-state index contributed by atoms with van der Waals surface area (Å²) in [5.74, 6) is -1.66. The fourth-order valence-corrected chi connectivity index (χ4v) is 4.05. The SMILES string of the molecule is CN(CCCN(C)C(=O)CNc1ccc(C(C(=O)O)c2ccccc2)cc1)CCCN(C)C(=O)OC(C)(C)C. The van der Waals surface area contributed by atoms with Crippen molar-refractivity contribution in [2.45, 2.75) is 45.1 Å². The third-order valence-corrected chi connectivity index (χ3v) is 6.27. The average molecular weight is 541 g/mol. The first-order valence-electron chi connectivity index (χ1n) is 13.4. The van der Waals surface area contributed by atoms with Crippen molar-refractivity contribution in [2.75, 3.05) is 59.2 Å². The summed E-state index contributed by atoms with van der Waals surface area (Å²) < 4.78 is 5.37. The van der Waals surface area contributed by atoms with Crippen molar-refractivity contribution in [3.05, 3.63) is 65.7 Å². The van der Waals surface area contributed by atoms with E-state index in [4.69, 9.17) is 4.74 Å². The van der Waals surface area contributed by atoms with E-state index in [-0.39, 0.29) is 18.5 Å². The Morgan fingerprint density at radius 3 is 1.90 bits per heavy atom. The molecule has 2 N–H and O–H groups in total. The molecule has 0 aliphatic carbocycles. The largest absolute Gasteiger partial charge is 0.481 e. The second kappa shape index (κ2) is 15.1. The third kappa shape index (κ3) is 11.4. The molecule has 39 heavy (non-hydrogen) atoms. The van der Waals surface area contributed by atoms with Gasteiger partial charge >= 0.3 is 12.1 Å². The van der Waals surface area contributed by atoms with Crippen LogP contribution in [-0.4, -0.2) is 97.2 Å². The Bertz CT molecular complexity index is 1050. The summed E-state index contributed by atoms with van der Waals surface area (Å²) >= 11 is 0. The number of aliphatic carboxylic acids is 1. The van der Waals surface area contributed by atoms with Gasteiger partial charge in [0.05, 0.1) is 6.54 Å². The molecule has 0 fully saturated rings. The highest BCUT2D eigenvalue weighted by Crippen LogP contribution is 2.26. The minimum atomic E-state index is -0.905. The van der Waals surface area contributed by atoms with Crippen molar-refractivity contribution in [1.82, 2.24) is 14.7 Å². The van der Waals surface area contributed by atoms with Crippen LogP contribution in [0.2, 0.25) is 0 Å². The number of nitrogens with zero attached hydrogens (tertiary/aromatic N) is 3. The zero-order chi connectivity index (χ0) is 29.0. The zero-order valence-electron chi connectivity index (χ0n) is 24.1. The normalized spacial score (nSPS) is 12.1. The molecule has 0 radical (unpaired) electrons. The second-order valence-electron chi connectivity index (χ2n) is 10.9. The van der Waals surface area contributed by atoms with Crippen molar-refractivity contribution in [3.63, 3.8) is 0 Å². The van der Waals surface area contributed by atoms with Crippen LogP contribution in [0.1, 0.15) is 50.7 Å². The van der Waals surface area contributed by atoms with Gasteiger partial charge in [-0.3, -0.25) is 9.59 Å². The van der Waals surface area contributed by atoms with Crippen LogP contribution in [-0.2, 0) is 14.3 Å². The lowest BCUT2D eigenvalue weighted by molar-refractivity contribution is -0.137. The van der Waals surface area contributed by atoms with Gasteiger partial charge in [0, 0.05) is 32.9 Å². The van der Waals surface area contributed by atoms with Gasteiger partial charge in [-0.05, 0) is 77.0 Å². The van der Waals surface area contributed by atoms with Crippen molar-refractivity contribution < 1.29 is 24.2 Å². The molecule has 1 atom stereocenters. The molecule has 9 heteroatoms. The summed E-state index contributed by atoms with van der Waals surface area (Å²) in [5.41, 5.74) is 1.67. The number of hydrogen-bond acceptors (Lipinski definition) is 6. The molecule has 214 valence electrons. The van der Waals surface area contributed by atoms with Crippen LogP contribution in [0.3, 0.4) is 0 Å². The maximum atomic E-state index is 12.6. The number of likely N-dealkylation sites (N-methyl/N-ethyl adjacent to an activating group) is 1. The van der Waals surface area contributed by atoms with Crippen LogP contribution < -0.4 is 5.32 Å². The van der Waals surface area contributed by atoms with Crippen LogP contribution in [0.25, 0.3) is 0 Å². The van der Waals surface area contributed by atoms with Crippen molar-refractivity contribution in [3.8, 4) is 0 Å². The van der Waals surface area contributed by atoms with Gasteiger partial charge in [0.25, 0.3) is 0 Å². The van der Waals surface area contributed by atoms with Gasteiger partial charge < -0.3 is 29.9 Å². The molecular formula is C30H44N4O5. The molecule has 2 rings (SSSR count). The minimum absolute atomic E-state index is 0.0200. The minimum Gasteiger partial charge on any atom is -0.481 e. The number of carbonyl (C=O) groups is 3. The van der Waals surface area contributed by atoms with E-state index in [1.165, 1.54) is 0 Å². The number of carboxylic acid groups (broad SMARTS) is 1. The molecule has 2 amide bonds. The maximum Gasteiger partial charge on any atom is 0.410 e. The fourth-order valence-electron chi connectivity index (χ4n) is 4.05. The van der Waals surface area contributed by atoms with E-state index >= 15 is 0 Å². The summed E-state index contributed by atoms with van der Waals surface area (Å²) in [5, 5.41) is 12.9. The number of benzene rings is 2. The Balaban J connectivity index is 1.69. The Hall–Kier alpha value is -3.59. The molecule has 2 aromatic carbocycles. The summed E-state index contributed by atoms with van der Waals surface area (Å²) in [6.07, 6.45) is 1.36. The number of ether oxygens (including phenoxy) is 1. The highest BCUT2D eigenvalue weighted by atomic mass is 16.6. The van der Waals surface area contributed by atoms with Gasteiger partial charge in [-0.15, -0.1) is 0 Å². The maximum absolute atomic E-state index is 12.6. The Kier molecular flexibility index (Phi) is 12.3. The van der Waals surface area contributed by atoms with Gasteiger partial charge in [0.15, 0.2) is 0 Å². The highest BCUT2D eigenvalue weighted by molar-refractivity contribution is 5.81. The molecule has 0 aliphatic rings. The van der Waals surface area contributed by atoms with Gasteiger partial charge in [0.1, 0.15) is 11.5 Å². The molecule has 0 saturated carbocycles. The second-order valence-corrected chi connectivity index (χ2v) is 10.9. The molecular weight excluding hydrogens is 496 g/mol. The average Bonchev–Trinajstić information content (AvgIpc) is 2.87. The van der Waals surface area contributed by atoms with Crippen LogP contribution in [0.15, 0.2) is 54.6 Å². The van der Waals surface area contributed by atoms with Crippen LogP contribution in [0, 0.1) is 0 Å². The first kappa shape index (κ1) is 31.6. The molecule has 0 spiro atoms. The van der Waals surface area contributed by atoms with E-state index < -0.39 is 17.5 Å². The van der Waals surface area contributed by atoms with Crippen LogP contribution >= 0.6 is 0 Å². The van der Waals surface area contributed by atoms with Gasteiger partial charge in [-0.2, -0.15) is 0 Å². The van der Waals surface area contributed by atoms with Gasteiger partial charge in [-0.1, -0.05) is 42.5 Å². The molecule has 0 heterocycles. The summed E-state index contributed by atoms with van der Waals surface area (Å²) in [6.45, 7) is 8.66. The summed E-state index contributed by atoms with van der Waals surface area (Å²) in [6, 6.07) is 16.3. The Morgan fingerprint density at radius 1 is 0.821 bits per heavy atom. The van der Waals surface area contributed by atoms with Crippen molar-refractivity contribution in [2.24, 2.45) is 0 Å². The molecule has 1 unspecified atom stereocenters. The lowest BCUT2D eigenvalue weighted by Crippen LogP contribution is -2.36. The summed E-state index contributed by atoms with van der Waals surface area (Å²) in [7, 11) is 5.57. The van der Waals surface area contributed by atoms with E-state index in [1.54, 1.807) is 48.2 Å². The lowest BCUT2D eigenvalue weighted by atomic mass is 9.91. The smallest absolute Gasteiger partial charge is 0.410 e. The number of carboxylic acids is 1. The Morgan fingerprint density at radius 2 is 1.36 bits per heavy atom. The van der Waals surface area contributed by atoms with Crippen molar-refractivity contribution >= 4 is 23.7 Å². The van der Waals surface area contributed by atoms with Crippen LogP contribution in [0.4, 0.5) is 10.5 Å². The number of hydrogen-bond donors (Lipinski definition) is 2. The zero-order valence-corrected chi connectivity index (χ0v) is 24.1. The van der Waals surface area contributed by atoms with E-state index in [2.05, 4.69) is 10.2 Å². The molecule has 9 nitrogen and oxygen atoms in total. The molecule has 0 saturated heterocycles. The first-order chi connectivity index (χ1) is 18.4. The van der Waals surface area contributed by atoms with Gasteiger partial charge in [0.2, 0.25) is 5.91 Å². The predicted molar refractivity (Wildman–Crippen MR) is 154 cm³/mol. The molecule has 0 bridgehead atoms. The monoisotopic (exact) mass is 540 g/mol. The van der Waals surface area contributed by atoms with E-state index in [9.17, 15) is 19.5 Å². The quantitative estimate of drug-likeness (QED) is 0.367. The number of anilines is 1. The lowest BCUT2D eigenvalue weighted by Gasteiger charge is -2.25. The van der Waals surface area contributed by atoms with E-state index in [0.29, 0.717) is 18.7 Å². The fraction of sp³-hybridized carbons (Fsp3) is 0.500. The Labute approximate surface area is 232 Å². The van der Waals surface area contributed by atoms with Crippen LogP contribution in [0.5, 0.6) is 0 Å². The molecule has 0 aliphatic heterocycles. The number of carbonyl (C=O) groups excluding carboxylic acids is 2. The van der Waals surface area contributed by atoms with Gasteiger partial charge in [-0.25, -0.2) is 4.79 Å². The van der Waals surface area contributed by atoms with E-state index in [1.807, 2.05) is 58.2 Å². The third-order valence-electron chi connectivity index (χ3n) is 6.27. The number of amides is 2.